The molecular weight excluding hydrogens is 226 g/mol. The number of ether oxygens (including phenoxy) is 1. The van der Waals surface area contributed by atoms with Gasteiger partial charge in [0.15, 0.2) is 0 Å². The van der Waals surface area contributed by atoms with E-state index in [0.29, 0.717) is 24.2 Å². The zero-order chi connectivity index (χ0) is 13.8. The summed E-state index contributed by atoms with van der Waals surface area (Å²) in [5, 5.41) is 3.49. The zero-order valence-corrected chi connectivity index (χ0v) is 12.6. The van der Waals surface area contributed by atoms with Gasteiger partial charge in [0.2, 0.25) is 0 Å². The third-order valence-electron chi connectivity index (χ3n) is 3.64. The van der Waals surface area contributed by atoms with Crippen molar-refractivity contribution in [3.8, 4) is 0 Å². The molecule has 1 saturated heterocycles. The molecule has 1 heterocycles. The van der Waals surface area contributed by atoms with Crippen molar-refractivity contribution in [2.75, 3.05) is 13.1 Å². The minimum atomic E-state index is -0.368. The van der Waals surface area contributed by atoms with Crippen molar-refractivity contribution in [2.24, 2.45) is 17.8 Å². The van der Waals surface area contributed by atoms with Crippen LogP contribution >= 0.6 is 0 Å². The van der Waals surface area contributed by atoms with Gasteiger partial charge in [-0.15, -0.1) is 0 Å². The van der Waals surface area contributed by atoms with Gasteiger partial charge in [0.05, 0.1) is 0 Å². The van der Waals surface area contributed by atoms with E-state index < -0.39 is 0 Å². The Balaban J connectivity index is 2.49. The van der Waals surface area contributed by atoms with E-state index in [1.54, 1.807) is 0 Å². The van der Waals surface area contributed by atoms with Gasteiger partial charge < -0.3 is 10.1 Å². The lowest BCUT2D eigenvalue weighted by Crippen LogP contribution is -2.34. The number of hydrogen-bond donors (Lipinski definition) is 1. The first kappa shape index (κ1) is 15.5. The molecule has 106 valence electrons. The van der Waals surface area contributed by atoms with Crippen molar-refractivity contribution < 1.29 is 9.53 Å². The average Bonchev–Trinajstić information content (AvgIpc) is 2.19. The van der Waals surface area contributed by atoms with E-state index in [-0.39, 0.29) is 11.6 Å². The molecule has 0 spiro atoms. The first-order chi connectivity index (χ1) is 8.28. The predicted molar refractivity (Wildman–Crippen MR) is 74.4 cm³/mol. The topological polar surface area (TPSA) is 38.3 Å². The van der Waals surface area contributed by atoms with Crippen molar-refractivity contribution in [1.82, 2.24) is 5.32 Å². The molecule has 18 heavy (non-hydrogen) atoms. The molecule has 1 aliphatic heterocycles. The van der Waals surface area contributed by atoms with Crippen LogP contribution in [0.4, 0.5) is 0 Å². The summed E-state index contributed by atoms with van der Waals surface area (Å²) in [6.45, 7) is 12.4. The fourth-order valence-electron chi connectivity index (χ4n) is 2.51. The van der Waals surface area contributed by atoms with Gasteiger partial charge in [-0.25, -0.2) is 0 Å². The van der Waals surface area contributed by atoms with E-state index >= 15 is 0 Å². The molecule has 1 unspecified atom stereocenters. The number of esters is 1. The van der Waals surface area contributed by atoms with Gasteiger partial charge in [0.1, 0.15) is 5.60 Å². The van der Waals surface area contributed by atoms with E-state index in [1.807, 2.05) is 20.8 Å². The van der Waals surface area contributed by atoms with E-state index in [9.17, 15) is 4.79 Å². The molecule has 0 aromatic rings. The van der Waals surface area contributed by atoms with E-state index in [2.05, 4.69) is 19.2 Å². The van der Waals surface area contributed by atoms with Crippen LogP contribution in [0.25, 0.3) is 0 Å². The van der Waals surface area contributed by atoms with Gasteiger partial charge in [-0.3, -0.25) is 4.79 Å². The second-order valence-corrected chi connectivity index (χ2v) is 6.87. The third kappa shape index (κ3) is 5.85. The van der Waals surface area contributed by atoms with Crippen molar-refractivity contribution in [3.63, 3.8) is 0 Å². The number of rotatable bonds is 2. The van der Waals surface area contributed by atoms with Crippen molar-refractivity contribution in [2.45, 2.75) is 59.5 Å². The smallest absolute Gasteiger partial charge is 0.306 e. The molecule has 0 amide bonds. The highest BCUT2D eigenvalue weighted by Gasteiger charge is 2.25. The third-order valence-corrected chi connectivity index (χ3v) is 3.64. The summed E-state index contributed by atoms with van der Waals surface area (Å²) in [5.41, 5.74) is -0.368. The van der Waals surface area contributed by atoms with Gasteiger partial charge in [-0.05, 0) is 64.5 Å². The van der Waals surface area contributed by atoms with Crippen LogP contribution in [0, 0.1) is 17.8 Å². The Labute approximate surface area is 112 Å². The Morgan fingerprint density at radius 1 is 1.22 bits per heavy atom. The summed E-state index contributed by atoms with van der Waals surface area (Å²) >= 11 is 0. The largest absolute Gasteiger partial charge is 0.460 e. The van der Waals surface area contributed by atoms with Crippen LogP contribution in [0.1, 0.15) is 53.9 Å². The average molecular weight is 255 g/mol. The lowest BCUT2D eigenvalue weighted by molar-refractivity contribution is -0.156. The van der Waals surface area contributed by atoms with Gasteiger partial charge >= 0.3 is 5.97 Å². The molecule has 1 fully saturated rings. The Hall–Kier alpha value is -0.570. The second-order valence-electron chi connectivity index (χ2n) is 6.87. The molecule has 0 aromatic heterocycles. The molecule has 0 saturated carbocycles. The minimum Gasteiger partial charge on any atom is -0.460 e. The van der Waals surface area contributed by atoms with Crippen LogP contribution < -0.4 is 5.32 Å². The highest BCUT2D eigenvalue weighted by Crippen LogP contribution is 2.26. The standard InChI is InChI=1S/C15H29NO2/c1-11-6-7-13(12(2)10-16-9-11)8-14(17)18-15(3,4)5/h11-13,16H,6-10H2,1-5H3/t11-,12+,13?/m0/s1. The van der Waals surface area contributed by atoms with Gasteiger partial charge in [-0.1, -0.05) is 13.8 Å². The van der Waals surface area contributed by atoms with E-state index in [1.165, 1.54) is 6.42 Å². The lowest BCUT2D eigenvalue weighted by atomic mass is 9.83. The molecule has 3 nitrogen and oxygen atoms in total. The number of carbonyl (C=O) groups is 1. The molecule has 3 heteroatoms. The van der Waals surface area contributed by atoms with Gasteiger partial charge in [0.25, 0.3) is 0 Å². The highest BCUT2D eigenvalue weighted by molar-refractivity contribution is 5.70. The summed E-state index contributed by atoms with van der Waals surface area (Å²) in [6, 6.07) is 0. The van der Waals surface area contributed by atoms with Crippen LogP contribution in [0.15, 0.2) is 0 Å². The second kappa shape index (κ2) is 6.55. The summed E-state index contributed by atoms with van der Waals surface area (Å²) < 4.78 is 5.43. The van der Waals surface area contributed by atoms with Crippen molar-refractivity contribution >= 4 is 5.97 Å². The summed E-state index contributed by atoms with van der Waals surface area (Å²) in [7, 11) is 0. The zero-order valence-electron chi connectivity index (χ0n) is 12.6. The monoisotopic (exact) mass is 255 g/mol. The van der Waals surface area contributed by atoms with Crippen molar-refractivity contribution in [1.29, 1.82) is 0 Å². The SMILES string of the molecule is C[C@H]1CCC(CC(=O)OC(C)(C)C)[C@H](C)CNC1. The molecule has 0 aromatic carbocycles. The van der Waals surface area contributed by atoms with Crippen LogP contribution in [0.3, 0.4) is 0 Å². The van der Waals surface area contributed by atoms with E-state index in [0.717, 1.165) is 19.5 Å². The summed E-state index contributed by atoms with van der Waals surface area (Å²) in [4.78, 5) is 11.9. The van der Waals surface area contributed by atoms with Crippen LogP contribution in [-0.2, 0) is 9.53 Å². The first-order valence-electron chi connectivity index (χ1n) is 7.20. The molecular formula is C15H29NO2. The molecule has 1 aliphatic rings. The Kier molecular flexibility index (Phi) is 5.64. The lowest BCUT2D eigenvalue weighted by Gasteiger charge is -2.29. The maximum absolute atomic E-state index is 11.9. The molecule has 0 aliphatic carbocycles. The quantitative estimate of drug-likeness (QED) is 0.771. The molecule has 1 N–H and O–H groups in total. The molecule has 0 radical (unpaired) electrons. The van der Waals surface area contributed by atoms with Crippen LogP contribution in [0.5, 0.6) is 0 Å². The molecule has 0 bridgehead atoms. The van der Waals surface area contributed by atoms with E-state index in [4.69, 9.17) is 4.74 Å². The number of hydrogen-bond acceptors (Lipinski definition) is 3. The highest BCUT2D eigenvalue weighted by atomic mass is 16.6. The Morgan fingerprint density at radius 3 is 2.50 bits per heavy atom. The number of carbonyl (C=O) groups excluding carboxylic acids is 1. The molecule has 3 atom stereocenters. The minimum absolute atomic E-state index is 0.0485. The first-order valence-corrected chi connectivity index (χ1v) is 7.20. The van der Waals surface area contributed by atoms with Crippen molar-refractivity contribution in [3.05, 3.63) is 0 Å². The fraction of sp³-hybridized carbons (Fsp3) is 0.933. The van der Waals surface area contributed by atoms with Crippen LogP contribution in [-0.4, -0.2) is 24.7 Å². The van der Waals surface area contributed by atoms with Gasteiger partial charge in [0, 0.05) is 6.42 Å². The van der Waals surface area contributed by atoms with Gasteiger partial charge in [-0.2, -0.15) is 0 Å². The maximum Gasteiger partial charge on any atom is 0.306 e. The Morgan fingerprint density at radius 2 is 1.89 bits per heavy atom. The maximum atomic E-state index is 11.9. The summed E-state index contributed by atoms with van der Waals surface area (Å²) in [6.07, 6.45) is 2.90. The number of nitrogens with one attached hydrogen (secondary N) is 1. The van der Waals surface area contributed by atoms with Crippen LogP contribution in [0.2, 0.25) is 0 Å². The molecule has 1 rings (SSSR count). The summed E-state index contributed by atoms with van der Waals surface area (Å²) in [5.74, 6) is 1.66. The Bertz CT molecular complexity index is 270. The fourth-order valence-corrected chi connectivity index (χ4v) is 2.51. The normalized spacial score (nSPS) is 30.4. The predicted octanol–water partition coefficient (Wildman–Crippen LogP) is 2.99.